The van der Waals surface area contributed by atoms with Gasteiger partial charge >= 0.3 is 0 Å². The Morgan fingerprint density at radius 3 is 2.56 bits per heavy atom. The zero-order valence-electron chi connectivity index (χ0n) is 14.1. The van der Waals surface area contributed by atoms with Crippen LogP contribution < -0.4 is 0 Å². The lowest BCUT2D eigenvalue weighted by molar-refractivity contribution is 0.104. The summed E-state index contributed by atoms with van der Waals surface area (Å²) >= 11 is 1.75. The van der Waals surface area contributed by atoms with Gasteiger partial charge in [-0.05, 0) is 16.3 Å². The Labute approximate surface area is 152 Å². The van der Waals surface area contributed by atoms with Gasteiger partial charge in [-0.3, -0.25) is 4.79 Å². The Morgan fingerprint density at radius 1 is 1.00 bits per heavy atom. The fraction of sp³-hybridized carbons (Fsp3) is 0.136. The van der Waals surface area contributed by atoms with E-state index in [9.17, 15) is 4.79 Å². The predicted octanol–water partition coefficient (Wildman–Crippen LogP) is 5.28. The maximum Gasteiger partial charge on any atom is 0.188 e. The molecule has 0 spiro atoms. The summed E-state index contributed by atoms with van der Waals surface area (Å²) in [5.41, 5.74) is 2.06. The van der Waals surface area contributed by atoms with Crippen molar-refractivity contribution in [1.29, 1.82) is 0 Å². The smallest absolute Gasteiger partial charge is 0.188 e. The molecule has 0 amide bonds. The molecule has 124 valence electrons. The molecule has 2 nitrogen and oxygen atoms in total. The van der Waals surface area contributed by atoms with E-state index in [-0.39, 0.29) is 11.8 Å². The Bertz CT molecular complexity index is 943. The summed E-state index contributed by atoms with van der Waals surface area (Å²) in [4.78, 5) is 14.7. The third-order valence-electron chi connectivity index (χ3n) is 4.70. The molecule has 1 saturated heterocycles. The maximum atomic E-state index is 12.5. The Morgan fingerprint density at radius 2 is 1.72 bits per heavy atom. The molecule has 1 unspecified atom stereocenters. The minimum Gasteiger partial charge on any atom is -0.361 e. The van der Waals surface area contributed by atoms with Gasteiger partial charge in [-0.2, -0.15) is 0 Å². The highest BCUT2D eigenvalue weighted by Crippen LogP contribution is 2.42. The molecule has 1 aliphatic rings. The highest BCUT2D eigenvalue weighted by molar-refractivity contribution is 8.03. The standard InChI is InChI=1S/C22H19NOS/c1-23-20(19-13-7-11-16-8-5-6-12-18(16)19)15-25-22(23)14-21(24)17-9-3-2-4-10-17/h2-14,20H,15H2,1H3. The number of thioether (sulfide) groups is 1. The molecule has 0 radical (unpaired) electrons. The van der Waals surface area contributed by atoms with Crippen LogP contribution in [-0.4, -0.2) is 23.5 Å². The zero-order chi connectivity index (χ0) is 17.2. The monoisotopic (exact) mass is 345 g/mol. The number of nitrogens with zero attached hydrogens (tertiary/aromatic N) is 1. The van der Waals surface area contributed by atoms with Crippen molar-refractivity contribution >= 4 is 28.3 Å². The number of allylic oxidation sites excluding steroid dienone is 1. The van der Waals surface area contributed by atoms with Crippen LogP contribution in [0.3, 0.4) is 0 Å². The highest BCUT2D eigenvalue weighted by Gasteiger charge is 2.28. The normalized spacial score (nSPS) is 18.8. The van der Waals surface area contributed by atoms with Crippen molar-refractivity contribution in [2.24, 2.45) is 0 Å². The molecule has 1 atom stereocenters. The molecular formula is C22H19NOS. The molecule has 25 heavy (non-hydrogen) atoms. The molecule has 0 bridgehead atoms. The topological polar surface area (TPSA) is 20.3 Å². The van der Waals surface area contributed by atoms with E-state index in [4.69, 9.17) is 0 Å². The first-order chi connectivity index (χ1) is 12.2. The first kappa shape index (κ1) is 16.0. The van der Waals surface area contributed by atoms with E-state index in [1.165, 1.54) is 16.3 Å². The van der Waals surface area contributed by atoms with Gasteiger partial charge in [0, 0.05) is 24.4 Å². The highest BCUT2D eigenvalue weighted by atomic mass is 32.2. The van der Waals surface area contributed by atoms with E-state index in [0.29, 0.717) is 0 Å². The second-order valence-corrected chi connectivity index (χ2v) is 7.26. The van der Waals surface area contributed by atoms with Crippen LogP contribution in [0, 0.1) is 0 Å². The molecule has 4 rings (SSSR count). The van der Waals surface area contributed by atoms with Crippen molar-refractivity contribution in [3.05, 3.63) is 95.0 Å². The zero-order valence-corrected chi connectivity index (χ0v) is 14.9. The van der Waals surface area contributed by atoms with Crippen molar-refractivity contribution < 1.29 is 4.79 Å². The van der Waals surface area contributed by atoms with Crippen molar-refractivity contribution in [1.82, 2.24) is 4.90 Å². The molecular weight excluding hydrogens is 326 g/mol. The Hall–Kier alpha value is -2.52. The molecule has 1 heterocycles. The molecule has 1 aliphatic heterocycles. The summed E-state index contributed by atoms with van der Waals surface area (Å²) in [6, 6.07) is 24.7. The quantitative estimate of drug-likeness (QED) is 0.475. The summed E-state index contributed by atoms with van der Waals surface area (Å²) < 4.78 is 0. The van der Waals surface area contributed by atoms with Crippen molar-refractivity contribution in [3.8, 4) is 0 Å². The molecule has 3 aromatic carbocycles. The van der Waals surface area contributed by atoms with Gasteiger partial charge < -0.3 is 4.90 Å². The lowest BCUT2D eigenvalue weighted by Crippen LogP contribution is -2.18. The number of ketones is 1. The maximum absolute atomic E-state index is 12.5. The van der Waals surface area contributed by atoms with Crippen LogP contribution in [-0.2, 0) is 0 Å². The van der Waals surface area contributed by atoms with E-state index in [0.717, 1.165) is 16.3 Å². The molecule has 0 N–H and O–H groups in total. The van der Waals surface area contributed by atoms with E-state index in [2.05, 4.69) is 54.4 Å². The number of hydrogen-bond donors (Lipinski definition) is 0. The third-order valence-corrected chi connectivity index (χ3v) is 5.88. The largest absolute Gasteiger partial charge is 0.361 e. The average Bonchev–Trinajstić information content (AvgIpc) is 3.02. The van der Waals surface area contributed by atoms with E-state index in [1.54, 1.807) is 17.8 Å². The molecule has 0 aliphatic carbocycles. The first-order valence-corrected chi connectivity index (χ1v) is 9.37. The Balaban J connectivity index is 1.64. The number of carbonyl (C=O) groups excluding carboxylic acids is 1. The van der Waals surface area contributed by atoms with Gasteiger partial charge in [0.1, 0.15) is 0 Å². The van der Waals surface area contributed by atoms with Crippen LogP contribution in [0.5, 0.6) is 0 Å². The van der Waals surface area contributed by atoms with Crippen LogP contribution >= 0.6 is 11.8 Å². The van der Waals surface area contributed by atoms with Crippen molar-refractivity contribution in [3.63, 3.8) is 0 Å². The minimum atomic E-state index is 0.0634. The van der Waals surface area contributed by atoms with Crippen LogP contribution in [0.2, 0.25) is 0 Å². The van der Waals surface area contributed by atoms with Gasteiger partial charge in [-0.1, -0.05) is 72.8 Å². The van der Waals surface area contributed by atoms with Crippen LogP contribution in [0.4, 0.5) is 0 Å². The number of hydrogen-bond acceptors (Lipinski definition) is 3. The summed E-state index contributed by atoms with van der Waals surface area (Å²) in [7, 11) is 2.08. The summed E-state index contributed by atoms with van der Waals surface area (Å²) in [5.74, 6) is 1.02. The first-order valence-electron chi connectivity index (χ1n) is 8.38. The average molecular weight is 345 g/mol. The molecule has 3 heteroatoms. The second kappa shape index (κ2) is 6.77. The Kier molecular flexibility index (Phi) is 4.33. The molecule has 0 aromatic heterocycles. The summed E-state index contributed by atoms with van der Waals surface area (Å²) in [5, 5.41) is 3.58. The molecule has 3 aromatic rings. The lowest BCUT2D eigenvalue weighted by atomic mass is 9.99. The fourth-order valence-electron chi connectivity index (χ4n) is 3.31. The third kappa shape index (κ3) is 3.08. The second-order valence-electron chi connectivity index (χ2n) is 6.22. The van der Waals surface area contributed by atoms with Crippen molar-refractivity contribution in [2.45, 2.75) is 6.04 Å². The summed E-state index contributed by atoms with van der Waals surface area (Å²) in [6.45, 7) is 0. The van der Waals surface area contributed by atoms with Gasteiger partial charge in [-0.15, -0.1) is 11.8 Å². The predicted molar refractivity (Wildman–Crippen MR) is 106 cm³/mol. The van der Waals surface area contributed by atoms with E-state index in [1.807, 2.05) is 30.3 Å². The number of fused-ring (bicyclic) bond motifs is 1. The number of rotatable bonds is 3. The number of carbonyl (C=O) groups is 1. The van der Waals surface area contributed by atoms with Crippen LogP contribution in [0.15, 0.2) is 83.9 Å². The lowest BCUT2D eigenvalue weighted by Gasteiger charge is -2.23. The van der Waals surface area contributed by atoms with Gasteiger partial charge in [0.15, 0.2) is 5.78 Å². The van der Waals surface area contributed by atoms with Gasteiger partial charge in [0.2, 0.25) is 0 Å². The van der Waals surface area contributed by atoms with Gasteiger partial charge in [0.05, 0.1) is 11.1 Å². The SMILES string of the molecule is CN1C(=CC(=O)c2ccccc2)SCC1c1cccc2ccccc12. The van der Waals surface area contributed by atoms with Crippen LogP contribution in [0.25, 0.3) is 10.8 Å². The molecule has 0 saturated carbocycles. The molecule has 1 fully saturated rings. The minimum absolute atomic E-state index is 0.0634. The van der Waals surface area contributed by atoms with Gasteiger partial charge in [-0.25, -0.2) is 0 Å². The number of benzene rings is 3. The van der Waals surface area contributed by atoms with Gasteiger partial charge in [0.25, 0.3) is 0 Å². The summed E-state index contributed by atoms with van der Waals surface area (Å²) in [6.07, 6.45) is 1.77. The van der Waals surface area contributed by atoms with E-state index < -0.39 is 0 Å². The van der Waals surface area contributed by atoms with Crippen LogP contribution in [0.1, 0.15) is 22.0 Å². The fourth-order valence-corrected chi connectivity index (χ4v) is 4.57. The van der Waals surface area contributed by atoms with E-state index >= 15 is 0 Å². The van der Waals surface area contributed by atoms with Crippen molar-refractivity contribution in [2.75, 3.05) is 12.8 Å².